The van der Waals surface area contributed by atoms with Gasteiger partial charge in [-0.15, -0.1) is 0 Å². The molecule has 1 aromatic carbocycles. The first-order chi connectivity index (χ1) is 11.5. The van der Waals surface area contributed by atoms with Gasteiger partial charge in [0.1, 0.15) is 11.6 Å². The molecule has 2 aromatic rings. The Kier molecular flexibility index (Phi) is 3.64. The van der Waals surface area contributed by atoms with Gasteiger partial charge in [0.05, 0.1) is 24.1 Å². The average Bonchev–Trinajstić information content (AvgIpc) is 2.85. The summed E-state index contributed by atoms with van der Waals surface area (Å²) in [7, 11) is 0. The predicted molar refractivity (Wildman–Crippen MR) is 89.3 cm³/mol. The van der Waals surface area contributed by atoms with Gasteiger partial charge in [0.25, 0.3) is 5.56 Å². The Morgan fingerprint density at radius 3 is 2.79 bits per heavy atom. The number of nitrogens with zero attached hydrogens (tertiary/aromatic N) is 3. The molecule has 2 aliphatic rings. The SMILES string of the molecule is Cc1cc(=O)n(-c2ccc(N3CC4COC(C4)C3)c(F)c2)c(C)n1. The van der Waals surface area contributed by atoms with Gasteiger partial charge in [-0.1, -0.05) is 0 Å². The molecule has 1 aromatic heterocycles. The Bertz CT molecular complexity index is 837. The van der Waals surface area contributed by atoms with Crippen molar-refractivity contribution >= 4 is 5.69 Å². The Hall–Kier alpha value is -2.21. The first-order valence-corrected chi connectivity index (χ1v) is 8.25. The fraction of sp³-hybridized carbons (Fsp3) is 0.444. The average molecular weight is 329 g/mol. The molecule has 4 rings (SSSR count). The zero-order valence-electron chi connectivity index (χ0n) is 13.8. The maximum absolute atomic E-state index is 14.7. The number of halogens is 1. The summed E-state index contributed by atoms with van der Waals surface area (Å²) in [5.74, 6) is 0.714. The molecular formula is C18H20FN3O2. The highest BCUT2D eigenvalue weighted by molar-refractivity contribution is 5.53. The van der Waals surface area contributed by atoms with Crippen molar-refractivity contribution in [1.82, 2.24) is 9.55 Å². The second-order valence-corrected chi connectivity index (χ2v) is 6.72. The van der Waals surface area contributed by atoms with Crippen LogP contribution in [0, 0.1) is 25.6 Å². The van der Waals surface area contributed by atoms with Crippen LogP contribution in [0.25, 0.3) is 5.69 Å². The van der Waals surface area contributed by atoms with Gasteiger partial charge in [0.2, 0.25) is 0 Å². The lowest BCUT2D eigenvalue weighted by atomic mass is 9.99. The number of fused-ring (bicyclic) bond motifs is 2. The van der Waals surface area contributed by atoms with E-state index in [-0.39, 0.29) is 17.5 Å². The minimum atomic E-state index is -0.319. The van der Waals surface area contributed by atoms with E-state index in [1.807, 2.05) is 4.90 Å². The van der Waals surface area contributed by atoms with Crippen LogP contribution < -0.4 is 10.5 Å². The fourth-order valence-electron chi connectivity index (χ4n) is 3.81. The minimum absolute atomic E-state index is 0.198. The molecule has 2 aliphatic heterocycles. The van der Waals surface area contributed by atoms with Gasteiger partial charge < -0.3 is 9.64 Å². The van der Waals surface area contributed by atoms with E-state index >= 15 is 0 Å². The van der Waals surface area contributed by atoms with E-state index in [0.717, 1.165) is 26.1 Å². The molecule has 0 radical (unpaired) electrons. The fourth-order valence-corrected chi connectivity index (χ4v) is 3.81. The van der Waals surface area contributed by atoms with Crippen LogP contribution in [0.15, 0.2) is 29.1 Å². The Morgan fingerprint density at radius 2 is 2.08 bits per heavy atom. The van der Waals surface area contributed by atoms with Crippen molar-refractivity contribution in [1.29, 1.82) is 0 Å². The lowest BCUT2D eigenvalue weighted by molar-refractivity contribution is 0.119. The van der Waals surface area contributed by atoms with E-state index in [0.29, 0.717) is 28.8 Å². The number of rotatable bonds is 2. The van der Waals surface area contributed by atoms with Crippen LogP contribution >= 0.6 is 0 Å². The third-order valence-corrected chi connectivity index (χ3v) is 4.81. The standard InChI is InChI=1S/C18H20FN3O2/c1-11-5-18(23)22(12(2)20-11)14-3-4-17(16(19)7-14)21-8-13-6-15(9-21)24-10-13/h3-5,7,13,15H,6,8-10H2,1-2H3. The summed E-state index contributed by atoms with van der Waals surface area (Å²) >= 11 is 0. The van der Waals surface area contributed by atoms with Crippen molar-refractivity contribution in [2.24, 2.45) is 5.92 Å². The van der Waals surface area contributed by atoms with Crippen molar-refractivity contribution in [3.63, 3.8) is 0 Å². The second-order valence-electron chi connectivity index (χ2n) is 6.72. The van der Waals surface area contributed by atoms with Crippen LogP contribution in [0.4, 0.5) is 10.1 Å². The van der Waals surface area contributed by atoms with Crippen LogP contribution in [-0.4, -0.2) is 35.4 Å². The zero-order valence-corrected chi connectivity index (χ0v) is 13.8. The van der Waals surface area contributed by atoms with Crippen LogP contribution in [0.3, 0.4) is 0 Å². The molecule has 2 fully saturated rings. The summed E-state index contributed by atoms with van der Waals surface area (Å²) in [4.78, 5) is 18.6. The molecule has 0 aliphatic carbocycles. The predicted octanol–water partition coefficient (Wildman–Crippen LogP) is 2.21. The summed E-state index contributed by atoms with van der Waals surface area (Å²) in [5, 5.41) is 0. The smallest absolute Gasteiger partial charge is 0.258 e. The number of aryl methyl sites for hydroxylation is 2. The molecule has 126 valence electrons. The van der Waals surface area contributed by atoms with Crippen molar-refractivity contribution < 1.29 is 9.13 Å². The molecule has 0 amide bonds. The molecule has 0 saturated carbocycles. The van der Waals surface area contributed by atoms with E-state index in [9.17, 15) is 9.18 Å². The highest BCUT2D eigenvalue weighted by Crippen LogP contribution is 2.32. The number of benzene rings is 1. The van der Waals surface area contributed by atoms with Gasteiger partial charge in [-0.25, -0.2) is 9.37 Å². The molecule has 2 unspecified atom stereocenters. The zero-order chi connectivity index (χ0) is 16.8. The van der Waals surface area contributed by atoms with E-state index in [4.69, 9.17) is 4.74 Å². The Labute approximate surface area is 139 Å². The summed E-state index contributed by atoms with van der Waals surface area (Å²) in [6, 6.07) is 6.40. The quantitative estimate of drug-likeness (QED) is 0.848. The van der Waals surface area contributed by atoms with Gasteiger partial charge in [-0.2, -0.15) is 0 Å². The Morgan fingerprint density at radius 1 is 1.25 bits per heavy atom. The normalized spacial score (nSPS) is 22.9. The number of hydrogen-bond acceptors (Lipinski definition) is 4. The summed E-state index contributed by atoms with van der Waals surface area (Å²) in [5.41, 5.74) is 1.54. The third kappa shape index (κ3) is 2.60. The monoisotopic (exact) mass is 329 g/mol. The highest BCUT2D eigenvalue weighted by Gasteiger charge is 2.34. The van der Waals surface area contributed by atoms with Crippen molar-refractivity contribution in [2.75, 3.05) is 24.6 Å². The van der Waals surface area contributed by atoms with Crippen LogP contribution in [0.1, 0.15) is 17.9 Å². The van der Waals surface area contributed by atoms with Crippen LogP contribution in [-0.2, 0) is 4.74 Å². The van der Waals surface area contributed by atoms with Gasteiger partial charge in [-0.05, 0) is 32.4 Å². The largest absolute Gasteiger partial charge is 0.376 e. The first kappa shape index (κ1) is 15.3. The molecule has 0 N–H and O–H groups in total. The van der Waals surface area contributed by atoms with Gasteiger partial charge in [0, 0.05) is 36.8 Å². The number of aromatic nitrogens is 2. The second kappa shape index (κ2) is 5.70. The summed E-state index contributed by atoms with van der Waals surface area (Å²) in [6.45, 7) is 5.83. The van der Waals surface area contributed by atoms with Gasteiger partial charge in [-0.3, -0.25) is 9.36 Å². The first-order valence-electron chi connectivity index (χ1n) is 8.25. The number of hydrogen-bond donors (Lipinski definition) is 0. The molecule has 2 saturated heterocycles. The summed E-state index contributed by atoms with van der Waals surface area (Å²) < 4.78 is 21.8. The molecule has 5 nitrogen and oxygen atoms in total. The molecule has 6 heteroatoms. The molecule has 24 heavy (non-hydrogen) atoms. The summed E-state index contributed by atoms with van der Waals surface area (Å²) in [6.07, 6.45) is 1.27. The Balaban J connectivity index is 1.69. The van der Waals surface area contributed by atoms with Crippen LogP contribution in [0.5, 0.6) is 0 Å². The molecular weight excluding hydrogens is 309 g/mol. The minimum Gasteiger partial charge on any atom is -0.376 e. The van der Waals surface area contributed by atoms with Crippen LogP contribution in [0.2, 0.25) is 0 Å². The number of piperidine rings is 1. The maximum Gasteiger partial charge on any atom is 0.258 e. The number of anilines is 1. The highest BCUT2D eigenvalue weighted by atomic mass is 19.1. The molecule has 0 spiro atoms. The van der Waals surface area contributed by atoms with Gasteiger partial charge in [0.15, 0.2) is 0 Å². The topological polar surface area (TPSA) is 47.4 Å². The maximum atomic E-state index is 14.7. The van der Waals surface area contributed by atoms with E-state index in [1.54, 1.807) is 26.0 Å². The molecule has 2 atom stereocenters. The van der Waals surface area contributed by atoms with Crippen molar-refractivity contribution in [2.45, 2.75) is 26.4 Å². The van der Waals surface area contributed by atoms with Crippen molar-refractivity contribution in [3.05, 3.63) is 52.0 Å². The van der Waals surface area contributed by atoms with E-state index in [2.05, 4.69) is 4.98 Å². The number of ether oxygens (including phenoxy) is 1. The lowest BCUT2D eigenvalue weighted by Gasteiger charge is -2.32. The lowest BCUT2D eigenvalue weighted by Crippen LogP contribution is -2.39. The van der Waals surface area contributed by atoms with Gasteiger partial charge >= 0.3 is 0 Å². The van der Waals surface area contributed by atoms with Crippen molar-refractivity contribution in [3.8, 4) is 5.69 Å². The molecule has 3 heterocycles. The third-order valence-electron chi connectivity index (χ3n) is 4.81. The molecule has 2 bridgehead atoms. The van der Waals surface area contributed by atoms with E-state index in [1.165, 1.54) is 16.7 Å². The van der Waals surface area contributed by atoms with E-state index < -0.39 is 0 Å².